The summed E-state index contributed by atoms with van der Waals surface area (Å²) in [4.78, 5) is 18.2. The van der Waals surface area contributed by atoms with Gasteiger partial charge in [-0.2, -0.15) is 5.26 Å². The number of carbonyl (C=O) groups is 1. The monoisotopic (exact) mass is 379 g/mol. The second-order valence-corrected chi connectivity index (χ2v) is 8.31. The predicted octanol–water partition coefficient (Wildman–Crippen LogP) is 4.78. The molecule has 0 fully saturated rings. The highest BCUT2D eigenvalue weighted by Gasteiger charge is 2.21. The Kier molecular flexibility index (Phi) is 4.91. The van der Waals surface area contributed by atoms with Crippen molar-refractivity contribution in [3.8, 4) is 6.07 Å². The van der Waals surface area contributed by atoms with E-state index >= 15 is 0 Å². The molecule has 4 rings (SSSR count). The molecule has 26 heavy (non-hydrogen) atoms. The first-order valence-corrected chi connectivity index (χ1v) is 10.4. The van der Waals surface area contributed by atoms with Crippen LogP contribution in [0.15, 0.2) is 41.4 Å². The smallest absolute Gasteiger partial charge is 0.235 e. The van der Waals surface area contributed by atoms with E-state index in [0.29, 0.717) is 10.6 Å². The molecule has 1 aliphatic carbocycles. The standard InChI is InChI=1S/C20H17N3OS2/c21-11-15-14-6-2-4-8-17(14)26-20(15)23-18(24)12-25-19-10-9-13-5-1-3-7-16(13)22-19/h1,3,5,7,9-10H,2,4,6,8,12H2,(H,23,24). The van der Waals surface area contributed by atoms with Gasteiger partial charge in [0.25, 0.3) is 0 Å². The van der Waals surface area contributed by atoms with E-state index in [1.54, 1.807) is 11.3 Å². The van der Waals surface area contributed by atoms with E-state index in [9.17, 15) is 10.1 Å². The zero-order chi connectivity index (χ0) is 17.9. The number of nitrogens with one attached hydrogen (secondary N) is 1. The number of hydrogen-bond acceptors (Lipinski definition) is 5. The molecule has 0 bridgehead atoms. The average Bonchev–Trinajstić information content (AvgIpc) is 3.03. The average molecular weight is 380 g/mol. The molecular formula is C20H17N3OS2. The van der Waals surface area contributed by atoms with Gasteiger partial charge in [0.2, 0.25) is 5.91 Å². The lowest BCUT2D eigenvalue weighted by Gasteiger charge is -2.09. The van der Waals surface area contributed by atoms with Gasteiger partial charge >= 0.3 is 0 Å². The van der Waals surface area contributed by atoms with Gasteiger partial charge in [0, 0.05) is 10.3 Å². The van der Waals surface area contributed by atoms with Crippen LogP contribution < -0.4 is 5.32 Å². The number of anilines is 1. The van der Waals surface area contributed by atoms with E-state index in [1.807, 2.05) is 36.4 Å². The van der Waals surface area contributed by atoms with Crippen molar-refractivity contribution in [2.45, 2.75) is 30.7 Å². The highest BCUT2D eigenvalue weighted by atomic mass is 32.2. The summed E-state index contributed by atoms with van der Waals surface area (Å²) in [5, 5.41) is 15.0. The van der Waals surface area contributed by atoms with Gasteiger partial charge in [-0.3, -0.25) is 4.79 Å². The number of aromatic nitrogens is 1. The summed E-state index contributed by atoms with van der Waals surface area (Å²) >= 11 is 2.97. The third kappa shape index (κ3) is 3.46. The van der Waals surface area contributed by atoms with Gasteiger partial charge < -0.3 is 5.32 Å². The lowest BCUT2D eigenvalue weighted by molar-refractivity contribution is -0.113. The molecule has 0 atom stereocenters. The zero-order valence-electron chi connectivity index (χ0n) is 14.1. The van der Waals surface area contributed by atoms with E-state index in [2.05, 4.69) is 16.4 Å². The molecule has 4 nitrogen and oxygen atoms in total. The number of nitrogens with zero attached hydrogens (tertiary/aromatic N) is 2. The summed E-state index contributed by atoms with van der Waals surface area (Å²) < 4.78 is 0. The van der Waals surface area contributed by atoms with Crippen molar-refractivity contribution in [3.63, 3.8) is 0 Å². The number of rotatable bonds is 4. The van der Waals surface area contributed by atoms with E-state index in [-0.39, 0.29) is 11.7 Å². The zero-order valence-corrected chi connectivity index (χ0v) is 15.8. The third-order valence-corrected chi connectivity index (χ3v) is 6.60. The minimum Gasteiger partial charge on any atom is -0.316 e. The number of aryl methyl sites for hydroxylation is 1. The van der Waals surface area contributed by atoms with Crippen molar-refractivity contribution in [2.24, 2.45) is 0 Å². The van der Waals surface area contributed by atoms with Gasteiger partial charge in [0.05, 0.1) is 21.9 Å². The second-order valence-electron chi connectivity index (χ2n) is 6.21. The maximum Gasteiger partial charge on any atom is 0.235 e. The number of thiophene rings is 1. The van der Waals surface area contributed by atoms with Gasteiger partial charge in [-0.1, -0.05) is 36.0 Å². The van der Waals surface area contributed by atoms with E-state index in [1.165, 1.54) is 16.6 Å². The van der Waals surface area contributed by atoms with Gasteiger partial charge in [-0.05, 0) is 43.4 Å². The van der Waals surface area contributed by atoms with E-state index in [4.69, 9.17) is 0 Å². The molecule has 0 saturated heterocycles. The molecule has 1 amide bonds. The number of para-hydroxylation sites is 1. The molecule has 0 aliphatic heterocycles. The summed E-state index contributed by atoms with van der Waals surface area (Å²) in [6.07, 6.45) is 4.24. The van der Waals surface area contributed by atoms with Crippen molar-refractivity contribution >= 4 is 44.9 Å². The van der Waals surface area contributed by atoms with Crippen LogP contribution in [-0.2, 0) is 17.6 Å². The molecule has 0 spiro atoms. The number of pyridine rings is 1. The number of benzene rings is 1. The first-order valence-electron chi connectivity index (χ1n) is 8.57. The van der Waals surface area contributed by atoms with Crippen molar-refractivity contribution < 1.29 is 4.79 Å². The van der Waals surface area contributed by atoms with Crippen LogP contribution in [0.1, 0.15) is 28.8 Å². The summed E-state index contributed by atoms with van der Waals surface area (Å²) in [6, 6.07) is 14.2. The quantitative estimate of drug-likeness (QED) is 0.663. The van der Waals surface area contributed by atoms with E-state index < -0.39 is 0 Å². The minimum absolute atomic E-state index is 0.0972. The molecule has 1 N–H and O–H groups in total. The van der Waals surface area contributed by atoms with Gasteiger partial charge in [-0.25, -0.2) is 4.98 Å². The molecule has 130 valence electrons. The number of amides is 1. The topological polar surface area (TPSA) is 65.8 Å². The molecule has 2 aromatic heterocycles. The SMILES string of the molecule is N#Cc1c(NC(=O)CSc2ccc3ccccc3n2)sc2c1CCCC2. The molecule has 1 aromatic carbocycles. The summed E-state index contributed by atoms with van der Waals surface area (Å²) in [5.74, 6) is 0.179. The molecular weight excluding hydrogens is 362 g/mol. The Bertz CT molecular complexity index is 1020. The molecule has 1 aliphatic rings. The van der Waals surface area contributed by atoms with Crippen LogP contribution in [0.25, 0.3) is 10.9 Å². The Morgan fingerprint density at radius 1 is 1.23 bits per heavy atom. The third-order valence-electron chi connectivity index (χ3n) is 4.46. The molecule has 2 heterocycles. The lowest BCUT2D eigenvalue weighted by Crippen LogP contribution is -2.14. The second kappa shape index (κ2) is 7.48. The fourth-order valence-electron chi connectivity index (χ4n) is 3.20. The first-order chi connectivity index (χ1) is 12.7. The fraction of sp³-hybridized carbons (Fsp3) is 0.250. The van der Waals surface area contributed by atoms with Gasteiger partial charge in [0.15, 0.2) is 0 Å². The van der Waals surface area contributed by atoms with Crippen LogP contribution in [0.5, 0.6) is 0 Å². The molecule has 3 aromatic rings. The number of hydrogen-bond donors (Lipinski definition) is 1. The van der Waals surface area contributed by atoms with Crippen molar-refractivity contribution in [3.05, 3.63) is 52.4 Å². The fourth-order valence-corrected chi connectivity index (χ4v) is 5.14. The van der Waals surface area contributed by atoms with Crippen LogP contribution in [0.2, 0.25) is 0 Å². The number of nitriles is 1. The van der Waals surface area contributed by atoms with Crippen molar-refractivity contribution in [1.82, 2.24) is 4.98 Å². The summed E-state index contributed by atoms with van der Waals surface area (Å²) in [6.45, 7) is 0. The first kappa shape index (κ1) is 17.1. The maximum absolute atomic E-state index is 12.4. The van der Waals surface area contributed by atoms with Crippen LogP contribution in [0.4, 0.5) is 5.00 Å². The van der Waals surface area contributed by atoms with Crippen molar-refractivity contribution in [2.75, 3.05) is 11.1 Å². The Hall–Kier alpha value is -2.36. The Morgan fingerprint density at radius 3 is 2.96 bits per heavy atom. The molecule has 0 unspecified atom stereocenters. The Morgan fingerprint density at radius 2 is 2.08 bits per heavy atom. The Labute approximate surface area is 160 Å². The van der Waals surface area contributed by atoms with E-state index in [0.717, 1.165) is 47.2 Å². The summed E-state index contributed by atoms with van der Waals surface area (Å²) in [5.41, 5.74) is 2.73. The van der Waals surface area contributed by atoms with Crippen LogP contribution in [0, 0.1) is 11.3 Å². The summed E-state index contributed by atoms with van der Waals surface area (Å²) in [7, 11) is 0. The molecule has 0 radical (unpaired) electrons. The van der Waals surface area contributed by atoms with Crippen LogP contribution in [-0.4, -0.2) is 16.6 Å². The van der Waals surface area contributed by atoms with Crippen LogP contribution in [0.3, 0.4) is 0 Å². The van der Waals surface area contributed by atoms with Gasteiger partial charge in [-0.15, -0.1) is 11.3 Å². The highest BCUT2D eigenvalue weighted by molar-refractivity contribution is 7.99. The Balaban J connectivity index is 1.44. The van der Waals surface area contributed by atoms with Gasteiger partial charge in [0.1, 0.15) is 11.1 Å². The minimum atomic E-state index is -0.0972. The maximum atomic E-state index is 12.4. The molecule has 0 saturated carbocycles. The predicted molar refractivity (Wildman–Crippen MR) is 107 cm³/mol. The van der Waals surface area contributed by atoms with Crippen molar-refractivity contribution in [1.29, 1.82) is 5.26 Å². The number of thioether (sulfide) groups is 1. The largest absolute Gasteiger partial charge is 0.316 e. The lowest BCUT2D eigenvalue weighted by atomic mass is 9.96. The number of fused-ring (bicyclic) bond motifs is 2. The number of carbonyl (C=O) groups excluding carboxylic acids is 1. The highest BCUT2D eigenvalue weighted by Crippen LogP contribution is 2.37. The van der Waals surface area contributed by atoms with Crippen LogP contribution >= 0.6 is 23.1 Å². The molecule has 6 heteroatoms. The normalized spacial score (nSPS) is 13.2.